The van der Waals surface area contributed by atoms with Gasteiger partial charge in [-0.25, -0.2) is 0 Å². The number of hydrogen-bond donors (Lipinski definition) is 2. The van der Waals surface area contributed by atoms with Crippen molar-refractivity contribution in [3.8, 4) is 0 Å². The Labute approximate surface area is 145 Å². The summed E-state index contributed by atoms with van der Waals surface area (Å²) in [6.45, 7) is 9.53. The molecule has 0 bridgehead atoms. The molecule has 134 valence electrons. The average Bonchev–Trinajstić information content (AvgIpc) is 3.20. The lowest BCUT2D eigenvalue weighted by atomic mass is 10.1. The van der Waals surface area contributed by atoms with Crippen LogP contribution in [0.25, 0.3) is 0 Å². The van der Waals surface area contributed by atoms with E-state index >= 15 is 0 Å². The Morgan fingerprint density at radius 2 is 2.30 bits per heavy atom. The highest BCUT2D eigenvalue weighted by Gasteiger charge is 2.29. The first-order valence-electron chi connectivity index (χ1n) is 9.07. The van der Waals surface area contributed by atoms with Crippen molar-refractivity contribution in [1.82, 2.24) is 10.6 Å². The molecule has 2 fully saturated rings. The highest BCUT2D eigenvalue weighted by atomic mass is 32.2. The SMILES string of the molecule is CCNC(=NCC1(C)CCCS1)NCCCOCC1CCCO1. The van der Waals surface area contributed by atoms with Gasteiger partial charge in [0.15, 0.2) is 5.96 Å². The third-order valence-electron chi connectivity index (χ3n) is 4.30. The highest BCUT2D eigenvalue weighted by molar-refractivity contribution is 8.00. The topological polar surface area (TPSA) is 54.9 Å². The first-order valence-corrected chi connectivity index (χ1v) is 10.1. The fourth-order valence-electron chi connectivity index (χ4n) is 2.92. The molecule has 0 aromatic rings. The minimum atomic E-state index is 0.325. The molecule has 2 N–H and O–H groups in total. The lowest BCUT2D eigenvalue weighted by Gasteiger charge is -2.21. The van der Waals surface area contributed by atoms with Gasteiger partial charge in [-0.1, -0.05) is 0 Å². The summed E-state index contributed by atoms with van der Waals surface area (Å²) in [4.78, 5) is 4.76. The maximum atomic E-state index is 5.69. The van der Waals surface area contributed by atoms with E-state index in [-0.39, 0.29) is 0 Å². The molecule has 2 rings (SSSR count). The van der Waals surface area contributed by atoms with Gasteiger partial charge in [0.25, 0.3) is 0 Å². The molecule has 23 heavy (non-hydrogen) atoms. The summed E-state index contributed by atoms with van der Waals surface area (Å²) in [5.41, 5.74) is 0. The standard InChI is InChI=1S/C17H33N3O2S/c1-3-18-16(20-14-17(2)8-5-12-23-17)19-9-6-10-21-13-15-7-4-11-22-15/h15H,3-14H2,1-2H3,(H2,18,19,20). The predicted molar refractivity (Wildman–Crippen MR) is 98.5 cm³/mol. The Morgan fingerprint density at radius 3 is 3.00 bits per heavy atom. The lowest BCUT2D eigenvalue weighted by Crippen LogP contribution is -2.39. The van der Waals surface area contributed by atoms with Gasteiger partial charge in [-0.15, -0.1) is 0 Å². The average molecular weight is 344 g/mol. The molecule has 2 unspecified atom stereocenters. The van der Waals surface area contributed by atoms with Gasteiger partial charge in [0.1, 0.15) is 0 Å². The molecular formula is C17H33N3O2S. The monoisotopic (exact) mass is 343 g/mol. The van der Waals surface area contributed by atoms with Gasteiger partial charge in [-0.3, -0.25) is 4.99 Å². The number of ether oxygens (including phenoxy) is 2. The molecule has 6 heteroatoms. The summed E-state index contributed by atoms with van der Waals surface area (Å²) in [5.74, 6) is 2.21. The van der Waals surface area contributed by atoms with Crippen LogP contribution < -0.4 is 10.6 Å². The molecule has 0 aliphatic carbocycles. The molecule has 0 radical (unpaired) electrons. The van der Waals surface area contributed by atoms with E-state index in [1.165, 1.54) is 25.0 Å². The number of aliphatic imine (C=N–C) groups is 1. The third-order valence-corrected chi connectivity index (χ3v) is 5.82. The zero-order valence-electron chi connectivity index (χ0n) is 14.7. The summed E-state index contributed by atoms with van der Waals surface area (Å²) in [6.07, 6.45) is 6.23. The Hall–Kier alpha value is -0.460. The van der Waals surface area contributed by atoms with Crippen LogP contribution >= 0.6 is 11.8 Å². The zero-order chi connectivity index (χ0) is 16.4. The van der Waals surface area contributed by atoms with Crippen molar-refractivity contribution < 1.29 is 9.47 Å². The molecule has 2 aliphatic rings. The van der Waals surface area contributed by atoms with Crippen molar-refractivity contribution in [3.63, 3.8) is 0 Å². The Kier molecular flexibility index (Phi) is 8.55. The first-order chi connectivity index (χ1) is 11.2. The van der Waals surface area contributed by atoms with Gasteiger partial charge in [0.05, 0.1) is 19.3 Å². The van der Waals surface area contributed by atoms with Crippen molar-refractivity contribution >= 4 is 17.7 Å². The van der Waals surface area contributed by atoms with Gasteiger partial charge >= 0.3 is 0 Å². The van der Waals surface area contributed by atoms with Crippen LogP contribution in [0.3, 0.4) is 0 Å². The smallest absolute Gasteiger partial charge is 0.191 e. The lowest BCUT2D eigenvalue weighted by molar-refractivity contribution is 0.0168. The van der Waals surface area contributed by atoms with Crippen molar-refractivity contribution in [2.75, 3.05) is 45.2 Å². The quantitative estimate of drug-likeness (QED) is 0.382. The number of nitrogens with one attached hydrogen (secondary N) is 2. The van der Waals surface area contributed by atoms with Crippen molar-refractivity contribution in [2.45, 2.75) is 56.8 Å². The number of nitrogens with zero attached hydrogens (tertiary/aromatic N) is 1. The molecule has 2 aliphatic heterocycles. The van der Waals surface area contributed by atoms with Crippen LogP contribution in [-0.4, -0.2) is 62.0 Å². The molecule has 0 aromatic carbocycles. The summed E-state index contributed by atoms with van der Waals surface area (Å²) in [6, 6.07) is 0. The minimum Gasteiger partial charge on any atom is -0.379 e. The van der Waals surface area contributed by atoms with E-state index in [0.717, 1.165) is 58.3 Å². The van der Waals surface area contributed by atoms with Crippen LogP contribution in [0.4, 0.5) is 0 Å². The van der Waals surface area contributed by atoms with E-state index in [1.807, 2.05) is 0 Å². The fourth-order valence-corrected chi connectivity index (χ4v) is 4.15. The zero-order valence-corrected chi connectivity index (χ0v) is 15.6. The summed E-state index contributed by atoms with van der Waals surface area (Å²) in [7, 11) is 0. The van der Waals surface area contributed by atoms with E-state index in [9.17, 15) is 0 Å². The van der Waals surface area contributed by atoms with E-state index in [0.29, 0.717) is 10.9 Å². The summed E-state index contributed by atoms with van der Waals surface area (Å²) >= 11 is 2.06. The number of hydrogen-bond acceptors (Lipinski definition) is 4. The Bertz CT molecular complexity index is 354. The third kappa shape index (κ3) is 7.31. The normalized spacial score (nSPS) is 28.3. The second-order valence-electron chi connectivity index (χ2n) is 6.59. The van der Waals surface area contributed by atoms with Gasteiger partial charge in [-0.05, 0) is 51.7 Å². The molecule has 0 aromatic heterocycles. The van der Waals surface area contributed by atoms with Crippen LogP contribution in [0.15, 0.2) is 4.99 Å². The molecular weight excluding hydrogens is 310 g/mol. The van der Waals surface area contributed by atoms with Gasteiger partial charge in [0, 0.05) is 31.1 Å². The second kappa shape index (κ2) is 10.4. The number of guanidine groups is 1. The summed E-state index contributed by atoms with van der Waals surface area (Å²) < 4.78 is 11.6. The van der Waals surface area contributed by atoms with Crippen LogP contribution in [0.5, 0.6) is 0 Å². The molecule has 2 heterocycles. The first kappa shape index (κ1) is 18.9. The van der Waals surface area contributed by atoms with Crippen LogP contribution in [0, 0.1) is 0 Å². The van der Waals surface area contributed by atoms with Crippen LogP contribution in [-0.2, 0) is 9.47 Å². The molecule has 0 spiro atoms. The summed E-state index contributed by atoms with van der Waals surface area (Å²) in [5, 5.41) is 6.74. The van der Waals surface area contributed by atoms with E-state index in [1.54, 1.807) is 0 Å². The Balaban J connectivity index is 1.57. The number of rotatable bonds is 9. The predicted octanol–water partition coefficient (Wildman–Crippen LogP) is 2.41. The van der Waals surface area contributed by atoms with Crippen LogP contribution in [0.2, 0.25) is 0 Å². The van der Waals surface area contributed by atoms with Gasteiger partial charge in [-0.2, -0.15) is 11.8 Å². The van der Waals surface area contributed by atoms with Crippen LogP contribution in [0.1, 0.15) is 46.0 Å². The molecule has 5 nitrogen and oxygen atoms in total. The molecule has 0 saturated carbocycles. The minimum absolute atomic E-state index is 0.325. The maximum Gasteiger partial charge on any atom is 0.191 e. The van der Waals surface area contributed by atoms with E-state index in [2.05, 4.69) is 36.2 Å². The fraction of sp³-hybridized carbons (Fsp3) is 0.941. The molecule has 2 saturated heterocycles. The number of thioether (sulfide) groups is 1. The van der Waals surface area contributed by atoms with Crippen molar-refractivity contribution in [1.29, 1.82) is 0 Å². The molecule has 2 atom stereocenters. The van der Waals surface area contributed by atoms with Gasteiger partial charge in [0.2, 0.25) is 0 Å². The maximum absolute atomic E-state index is 5.69. The largest absolute Gasteiger partial charge is 0.379 e. The highest BCUT2D eigenvalue weighted by Crippen LogP contribution is 2.37. The Morgan fingerprint density at radius 1 is 1.39 bits per heavy atom. The van der Waals surface area contributed by atoms with E-state index < -0.39 is 0 Å². The van der Waals surface area contributed by atoms with E-state index in [4.69, 9.17) is 14.5 Å². The molecule has 0 amide bonds. The van der Waals surface area contributed by atoms with Gasteiger partial charge < -0.3 is 20.1 Å². The van der Waals surface area contributed by atoms with Crippen molar-refractivity contribution in [3.05, 3.63) is 0 Å². The van der Waals surface area contributed by atoms with Crippen molar-refractivity contribution in [2.24, 2.45) is 4.99 Å². The second-order valence-corrected chi connectivity index (χ2v) is 8.27.